The number of carbonyl (C=O) groups is 1. The summed E-state index contributed by atoms with van der Waals surface area (Å²) in [4.78, 5) is 11.8. The normalized spacial score (nSPS) is 11.6. The van der Waals surface area contributed by atoms with Gasteiger partial charge in [-0.2, -0.15) is 0 Å². The van der Waals surface area contributed by atoms with Crippen LogP contribution in [0.25, 0.3) is 0 Å². The lowest BCUT2D eigenvalue weighted by molar-refractivity contribution is -0.117. The molecule has 0 fully saturated rings. The van der Waals surface area contributed by atoms with Crippen LogP contribution in [-0.4, -0.2) is 11.4 Å². The number of carbonyl (C=O) groups excluding carboxylic acids is 1. The van der Waals surface area contributed by atoms with Crippen LogP contribution < -0.4 is 11.1 Å². The van der Waals surface area contributed by atoms with E-state index in [1.807, 2.05) is 38.1 Å². The second-order valence-electron chi connectivity index (χ2n) is 5.46. The molecule has 0 aliphatic carbocycles. The molecule has 0 radical (unpaired) electrons. The van der Waals surface area contributed by atoms with E-state index in [2.05, 4.69) is 19.2 Å². The molecule has 1 amide bonds. The number of hydrogen-bond donors (Lipinski definition) is 2. The smallest absolute Gasteiger partial charge is 0.226 e. The van der Waals surface area contributed by atoms with E-state index in [9.17, 15) is 4.79 Å². The number of rotatable bonds is 4. The van der Waals surface area contributed by atoms with E-state index in [0.29, 0.717) is 12.3 Å². The molecule has 0 atom stereocenters. The number of nitrogens with two attached hydrogens (primary N) is 1. The predicted molar refractivity (Wildman–Crippen MR) is 72.0 cm³/mol. The van der Waals surface area contributed by atoms with Crippen molar-refractivity contribution in [1.82, 2.24) is 0 Å². The molecular weight excluding hydrogens is 212 g/mol. The van der Waals surface area contributed by atoms with E-state index < -0.39 is 5.54 Å². The lowest BCUT2D eigenvalue weighted by atomic mass is 9.99. The first kappa shape index (κ1) is 13.7. The van der Waals surface area contributed by atoms with Gasteiger partial charge in [-0.15, -0.1) is 0 Å². The minimum absolute atomic E-state index is 0.0365. The summed E-state index contributed by atoms with van der Waals surface area (Å²) >= 11 is 0. The summed E-state index contributed by atoms with van der Waals surface area (Å²) in [5, 5.41) is 2.93. The fourth-order valence-electron chi connectivity index (χ4n) is 1.72. The number of nitrogens with one attached hydrogen (secondary N) is 1. The number of hydrogen-bond acceptors (Lipinski definition) is 2. The zero-order chi connectivity index (χ0) is 13.1. The molecule has 0 saturated heterocycles. The van der Waals surface area contributed by atoms with Gasteiger partial charge in [0.2, 0.25) is 5.91 Å². The van der Waals surface area contributed by atoms with Gasteiger partial charge in [0.25, 0.3) is 0 Å². The van der Waals surface area contributed by atoms with E-state index in [4.69, 9.17) is 5.73 Å². The number of anilines is 1. The lowest BCUT2D eigenvalue weighted by Crippen LogP contribution is -2.36. The monoisotopic (exact) mass is 234 g/mol. The summed E-state index contributed by atoms with van der Waals surface area (Å²) in [5.41, 5.74) is 7.39. The molecule has 0 aliphatic rings. The largest absolute Gasteiger partial charge is 0.326 e. The zero-order valence-electron chi connectivity index (χ0n) is 11.1. The highest BCUT2D eigenvalue weighted by Crippen LogP contribution is 2.24. The third-order valence-corrected chi connectivity index (χ3v) is 2.47. The number of amides is 1. The van der Waals surface area contributed by atoms with Crippen LogP contribution in [-0.2, 0) is 4.79 Å². The van der Waals surface area contributed by atoms with E-state index in [0.717, 1.165) is 11.3 Å². The summed E-state index contributed by atoms with van der Waals surface area (Å²) < 4.78 is 0. The minimum Gasteiger partial charge on any atom is -0.326 e. The van der Waals surface area contributed by atoms with Crippen LogP contribution in [0.4, 0.5) is 5.69 Å². The SMILES string of the molecule is CC(C)c1ccccc1NC(=O)CC(C)(C)N. The van der Waals surface area contributed by atoms with Crippen LogP contribution in [0.3, 0.4) is 0 Å². The molecule has 1 rings (SSSR count). The van der Waals surface area contributed by atoms with Crippen LogP contribution in [0.15, 0.2) is 24.3 Å². The summed E-state index contributed by atoms with van der Waals surface area (Å²) in [6.45, 7) is 7.91. The van der Waals surface area contributed by atoms with Crippen molar-refractivity contribution >= 4 is 11.6 Å². The van der Waals surface area contributed by atoms with E-state index >= 15 is 0 Å². The van der Waals surface area contributed by atoms with Crippen molar-refractivity contribution in [2.45, 2.75) is 45.6 Å². The predicted octanol–water partition coefficient (Wildman–Crippen LogP) is 2.88. The molecule has 17 heavy (non-hydrogen) atoms. The summed E-state index contributed by atoms with van der Waals surface area (Å²) in [5.74, 6) is 0.350. The fraction of sp³-hybridized carbons (Fsp3) is 0.500. The van der Waals surface area contributed by atoms with Gasteiger partial charge in [0.1, 0.15) is 0 Å². The molecule has 1 aromatic rings. The van der Waals surface area contributed by atoms with Crippen molar-refractivity contribution in [3.63, 3.8) is 0 Å². The second-order valence-corrected chi connectivity index (χ2v) is 5.46. The molecule has 1 aromatic carbocycles. The average molecular weight is 234 g/mol. The molecule has 0 heterocycles. The maximum atomic E-state index is 11.8. The molecular formula is C14H22N2O. The Labute approximate surface area is 103 Å². The summed E-state index contributed by atoms with van der Waals surface area (Å²) in [6, 6.07) is 7.87. The molecule has 0 bridgehead atoms. The molecule has 0 spiro atoms. The van der Waals surface area contributed by atoms with Gasteiger partial charge >= 0.3 is 0 Å². The molecule has 0 unspecified atom stereocenters. The zero-order valence-corrected chi connectivity index (χ0v) is 11.1. The maximum absolute atomic E-state index is 11.8. The molecule has 0 saturated carbocycles. The van der Waals surface area contributed by atoms with Gasteiger partial charge < -0.3 is 11.1 Å². The lowest BCUT2D eigenvalue weighted by Gasteiger charge is -2.19. The molecule has 3 nitrogen and oxygen atoms in total. The van der Waals surface area contributed by atoms with Gasteiger partial charge in [-0.3, -0.25) is 4.79 Å². The van der Waals surface area contributed by atoms with Crippen molar-refractivity contribution in [3.8, 4) is 0 Å². The van der Waals surface area contributed by atoms with Crippen LogP contribution in [0, 0.1) is 0 Å². The highest BCUT2D eigenvalue weighted by molar-refractivity contribution is 5.92. The fourth-order valence-corrected chi connectivity index (χ4v) is 1.72. The second kappa shape index (κ2) is 5.32. The van der Waals surface area contributed by atoms with Gasteiger partial charge in [-0.1, -0.05) is 32.0 Å². The van der Waals surface area contributed by atoms with Gasteiger partial charge in [-0.25, -0.2) is 0 Å². The highest BCUT2D eigenvalue weighted by atomic mass is 16.1. The Morgan fingerprint density at radius 2 is 1.94 bits per heavy atom. The number of benzene rings is 1. The Kier molecular flexibility index (Phi) is 4.29. The number of para-hydroxylation sites is 1. The average Bonchev–Trinajstić information content (AvgIpc) is 2.14. The standard InChI is InChI=1S/C14H22N2O/c1-10(2)11-7-5-6-8-12(11)16-13(17)9-14(3,4)15/h5-8,10H,9,15H2,1-4H3,(H,16,17). The van der Waals surface area contributed by atoms with E-state index in [1.165, 1.54) is 0 Å². The van der Waals surface area contributed by atoms with Crippen LogP contribution in [0.2, 0.25) is 0 Å². The van der Waals surface area contributed by atoms with Gasteiger partial charge in [0, 0.05) is 17.6 Å². The van der Waals surface area contributed by atoms with Crippen molar-refractivity contribution < 1.29 is 4.79 Å². The van der Waals surface area contributed by atoms with Crippen LogP contribution in [0.5, 0.6) is 0 Å². The van der Waals surface area contributed by atoms with E-state index in [1.54, 1.807) is 0 Å². The van der Waals surface area contributed by atoms with Crippen molar-refractivity contribution in [1.29, 1.82) is 0 Å². The third kappa shape index (κ3) is 4.57. The Morgan fingerprint density at radius 3 is 2.47 bits per heavy atom. The Balaban J connectivity index is 2.78. The van der Waals surface area contributed by atoms with Crippen molar-refractivity contribution in [3.05, 3.63) is 29.8 Å². The minimum atomic E-state index is -0.475. The maximum Gasteiger partial charge on any atom is 0.226 e. The molecule has 3 heteroatoms. The molecule has 0 aliphatic heterocycles. The topological polar surface area (TPSA) is 55.1 Å². The molecule has 94 valence electrons. The van der Waals surface area contributed by atoms with Crippen molar-refractivity contribution in [2.75, 3.05) is 5.32 Å². The Morgan fingerprint density at radius 1 is 1.35 bits per heavy atom. The highest BCUT2D eigenvalue weighted by Gasteiger charge is 2.17. The van der Waals surface area contributed by atoms with Gasteiger partial charge in [-0.05, 0) is 31.4 Å². The van der Waals surface area contributed by atoms with Gasteiger partial charge in [0.05, 0.1) is 0 Å². The third-order valence-electron chi connectivity index (χ3n) is 2.47. The first-order valence-electron chi connectivity index (χ1n) is 5.97. The quantitative estimate of drug-likeness (QED) is 0.841. The summed E-state index contributed by atoms with van der Waals surface area (Å²) in [6.07, 6.45) is 0.319. The van der Waals surface area contributed by atoms with Crippen LogP contribution >= 0.6 is 0 Å². The van der Waals surface area contributed by atoms with Crippen LogP contribution in [0.1, 0.15) is 45.6 Å². The summed E-state index contributed by atoms with van der Waals surface area (Å²) in [7, 11) is 0. The van der Waals surface area contributed by atoms with Gasteiger partial charge in [0.15, 0.2) is 0 Å². The Bertz CT molecular complexity index is 391. The Hall–Kier alpha value is -1.35. The van der Waals surface area contributed by atoms with Crippen molar-refractivity contribution in [2.24, 2.45) is 5.73 Å². The molecule has 0 aromatic heterocycles. The first-order valence-corrected chi connectivity index (χ1v) is 5.97. The van der Waals surface area contributed by atoms with E-state index in [-0.39, 0.29) is 5.91 Å². The molecule has 3 N–H and O–H groups in total. The first-order chi connectivity index (χ1) is 7.79.